The van der Waals surface area contributed by atoms with Gasteiger partial charge in [0.1, 0.15) is 0 Å². The molecular weight excluding hydrogens is 280 g/mol. The molecule has 1 amide bonds. The molecule has 0 aliphatic carbocycles. The minimum atomic E-state index is 0.0278. The van der Waals surface area contributed by atoms with Gasteiger partial charge in [0.05, 0.1) is 0 Å². The zero-order valence-corrected chi connectivity index (χ0v) is 11.7. The molecule has 1 saturated heterocycles. The molecule has 1 aromatic rings. The van der Waals surface area contributed by atoms with E-state index in [1.807, 2.05) is 6.07 Å². The van der Waals surface area contributed by atoms with Crippen LogP contribution in [-0.2, 0) is 11.3 Å². The standard InChI is InChI=1S/C13H17ClN4O2/c14-11-5-8(13(15)18-20)1-2-9(11)6-16-7-10-3-4-12(19)17-10/h1-2,5,10,16,20H,3-4,6-7H2,(H2,15,18)(H,17,19). The molecule has 2 rings (SSSR count). The average Bonchev–Trinajstić information content (AvgIpc) is 2.85. The van der Waals surface area contributed by atoms with E-state index in [4.69, 9.17) is 22.5 Å². The van der Waals surface area contributed by atoms with Crippen LogP contribution in [0.5, 0.6) is 0 Å². The number of nitrogens with one attached hydrogen (secondary N) is 2. The Hall–Kier alpha value is -1.79. The summed E-state index contributed by atoms with van der Waals surface area (Å²) >= 11 is 6.15. The van der Waals surface area contributed by atoms with Crippen molar-refractivity contribution in [2.75, 3.05) is 6.54 Å². The Kier molecular flexibility index (Phi) is 4.81. The molecule has 5 N–H and O–H groups in total. The largest absolute Gasteiger partial charge is 0.409 e. The van der Waals surface area contributed by atoms with Crippen LogP contribution in [0.15, 0.2) is 23.4 Å². The van der Waals surface area contributed by atoms with Gasteiger partial charge >= 0.3 is 0 Å². The van der Waals surface area contributed by atoms with E-state index in [1.165, 1.54) is 0 Å². The van der Waals surface area contributed by atoms with Gasteiger partial charge in [0.25, 0.3) is 0 Å². The average molecular weight is 297 g/mol. The van der Waals surface area contributed by atoms with Crippen molar-refractivity contribution in [3.63, 3.8) is 0 Å². The second-order valence-electron chi connectivity index (χ2n) is 4.73. The third-order valence-corrected chi connectivity index (χ3v) is 3.60. The zero-order valence-electron chi connectivity index (χ0n) is 10.9. The molecule has 0 aromatic heterocycles. The van der Waals surface area contributed by atoms with Crippen LogP contribution in [0.4, 0.5) is 0 Å². The van der Waals surface area contributed by atoms with Gasteiger partial charge in [-0.2, -0.15) is 0 Å². The highest BCUT2D eigenvalue weighted by atomic mass is 35.5. The van der Waals surface area contributed by atoms with Crippen LogP contribution in [0, 0.1) is 0 Å². The van der Waals surface area contributed by atoms with Gasteiger partial charge in [-0.3, -0.25) is 4.79 Å². The van der Waals surface area contributed by atoms with Crippen molar-refractivity contribution >= 4 is 23.3 Å². The van der Waals surface area contributed by atoms with Crippen molar-refractivity contribution in [3.8, 4) is 0 Å². The third kappa shape index (κ3) is 3.61. The van der Waals surface area contributed by atoms with Gasteiger partial charge < -0.3 is 21.6 Å². The van der Waals surface area contributed by atoms with Crippen molar-refractivity contribution in [1.82, 2.24) is 10.6 Å². The lowest BCUT2D eigenvalue weighted by Gasteiger charge is -2.12. The predicted molar refractivity (Wildman–Crippen MR) is 76.8 cm³/mol. The van der Waals surface area contributed by atoms with Gasteiger partial charge in [0.15, 0.2) is 5.84 Å². The van der Waals surface area contributed by atoms with Crippen molar-refractivity contribution in [3.05, 3.63) is 34.3 Å². The number of oxime groups is 1. The molecule has 6 nitrogen and oxygen atoms in total. The Balaban J connectivity index is 1.88. The first-order valence-electron chi connectivity index (χ1n) is 6.36. The molecule has 0 saturated carbocycles. The number of hydrogen-bond donors (Lipinski definition) is 4. The molecule has 1 fully saturated rings. The van der Waals surface area contributed by atoms with Crippen molar-refractivity contribution in [2.45, 2.75) is 25.4 Å². The third-order valence-electron chi connectivity index (χ3n) is 3.25. The maximum atomic E-state index is 11.1. The summed E-state index contributed by atoms with van der Waals surface area (Å²) in [4.78, 5) is 11.1. The molecule has 1 heterocycles. The van der Waals surface area contributed by atoms with Gasteiger partial charge in [-0.1, -0.05) is 28.9 Å². The van der Waals surface area contributed by atoms with Crippen LogP contribution >= 0.6 is 11.6 Å². The van der Waals surface area contributed by atoms with E-state index in [2.05, 4.69) is 15.8 Å². The number of rotatable bonds is 5. The smallest absolute Gasteiger partial charge is 0.220 e. The summed E-state index contributed by atoms with van der Waals surface area (Å²) < 4.78 is 0. The molecule has 1 atom stereocenters. The Morgan fingerprint density at radius 2 is 2.40 bits per heavy atom. The topological polar surface area (TPSA) is 99.7 Å². The van der Waals surface area contributed by atoms with E-state index in [0.29, 0.717) is 30.1 Å². The highest BCUT2D eigenvalue weighted by molar-refractivity contribution is 6.31. The molecule has 1 aliphatic heterocycles. The van der Waals surface area contributed by atoms with E-state index in [9.17, 15) is 4.79 Å². The van der Waals surface area contributed by atoms with Crippen LogP contribution in [-0.4, -0.2) is 29.5 Å². The number of nitrogens with zero attached hydrogens (tertiary/aromatic N) is 1. The Labute approximate surface area is 122 Å². The molecule has 1 aromatic carbocycles. The van der Waals surface area contributed by atoms with Crippen molar-refractivity contribution in [2.24, 2.45) is 10.9 Å². The fraction of sp³-hybridized carbons (Fsp3) is 0.385. The number of amides is 1. The summed E-state index contributed by atoms with van der Waals surface area (Å²) in [5.74, 6) is 0.137. The Morgan fingerprint density at radius 3 is 3.00 bits per heavy atom. The normalized spacial score (nSPS) is 19.1. The van der Waals surface area contributed by atoms with Gasteiger partial charge in [-0.15, -0.1) is 0 Å². The van der Waals surface area contributed by atoms with E-state index in [0.717, 1.165) is 12.0 Å². The van der Waals surface area contributed by atoms with Crippen molar-refractivity contribution in [1.29, 1.82) is 0 Å². The fourth-order valence-corrected chi connectivity index (χ4v) is 2.37. The molecule has 108 valence electrons. The summed E-state index contributed by atoms with van der Waals surface area (Å²) in [6.07, 6.45) is 1.46. The minimum Gasteiger partial charge on any atom is -0.409 e. The van der Waals surface area contributed by atoms with Gasteiger partial charge in [0.2, 0.25) is 5.91 Å². The Morgan fingerprint density at radius 1 is 1.60 bits per heavy atom. The molecule has 7 heteroatoms. The number of carbonyl (C=O) groups excluding carboxylic acids is 1. The molecule has 0 spiro atoms. The number of carbonyl (C=O) groups is 1. The highest BCUT2D eigenvalue weighted by Gasteiger charge is 2.19. The van der Waals surface area contributed by atoms with Crippen LogP contribution < -0.4 is 16.4 Å². The minimum absolute atomic E-state index is 0.0278. The zero-order chi connectivity index (χ0) is 14.5. The maximum Gasteiger partial charge on any atom is 0.220 e. The van der Waals surface area contributed by atoms with E-state index < -0.39 is 0 Å². The van der Waals surface area contributed by atoms with Crippen molar-refractivity contribution < 1.29 is 10.0 Å². The summed E-state index contributed by atoms with van der Waals surface area (Å²) in [5.41, 5.74) is 6.99. The number of hydrogen-bond acceptors (Lipinski definition) is 4. The number of benzene rings is 1. The monoisotopic (exact) mass is 296 g/mol. The molecular formula is C13H17ClN4O2. The highest BCUT2D eigenvalue weighted by Crippen LogP contribution is 2.18. The second-order valence-corrected chi connectivity index (χ2v) is 5.13. The Bertz CT molecular complexity index is 533. The lowest BCUT2D eigenvalue weighted by atomic mass is 10.1. The maximum absolute atomic E-state index is 11.1. The lowest BCUT2D eigenvalue weighted by molar-refractivity contribution is -0.119. The first-order chi connectivity index (χ1) is 9.60. The summed E-state index contributed by atoms with van der Waals surface area (Å²) in [6.45, 7) is 1.31. The predicted octanol–water partition coefficient (Wildman–Crippen LogP) is 0.803. The molecule has 1 aliphatic rings. The summed E-state index contributed by atoms with van der Waals surface area (Å²) in [7, 11) is 0. The lowest BCUT2D eigenvalue weighted by Crippen LogP contribution is -2.35. The van der Waals surface area contributed by atoms with E-state index in [-0.39, 0.29) is 17.8 Å². The van der Waals surface area contributed by atoms with Gasteiger partial charge in [-0.25, -0.2) is 0 Å². The van der Waals surface area contributed by atoms with Crippen LogP contribution in [0.3, 0.4) is 0 Å². The number of nitrogens with two attached hydrogens (primary N) is 1. The number of halogens is 1. The number of amidine groups is 1. The van der Waals surface area contributed by atoms with E-state index >= 15 is 0 Å². The van der Waals surface area contributed by atoms with Crippen LogP contribution in [0.1, 0.15) is 24.0 Å². The van der Waals surface area contributed by atoms with Gasteiger partial charge in [0, 0.05) is 36.1 Å². The first-order valence-corrected chi connectivity index (χ1v) is 6.74. The van der Waals surface area contributed by atoms with Gasteiger partial charge in [-0.05, 0) is 18.1 Å². The molecule has 1 unspecified atom stereocenters. The molecule has 20 heavy (non-hydrogen) atoms. The summed E-state index contributed by atoms with van der Waals surface area (Å²) in [6, 6.07) is 5.42. The second kappa shape index (κ2) is 6.58. The fourth-order valence-electron chi connectivity index (χ4n) is 2.12. The molecule has 0 radical (unpaired) electrons. The van der Waals surface area contributed by atoms with Crippen LogP contribution in [0.2, 0.25) is 5.02 Å². The first kappa shape index (κ1) is 14.6. The quantitative estimate of drug-likeness (QED) is 0.279. The summed E-state index contributed by atoms with van der Waals surface area (Å²) in [5, 5.41) is 18.2. The van der Waals surface area contributed by atoms with Crippen LogP contribution in [0.25, 0.3) is 0 Å². The molecule has 0 bridgehead atoms. The SMILES string of the molecule is N/C(=N/O)c1ccc(CNCC2CCC(=O)N2)c(Cl)c1. The van der Waals surface area contributed by atoms with E-state index in [1.54, 1.807) is 12.1 Å².